The molecule has 0 spiro atoms. The number of hydrogen-bond donors (Lipinski definition) is 1. The van der Waals surface area contributed by atoms with Crippen LogP contribution in [0.15, 0.2) is 18.2 Å². The van der Waals surface area contributed by atoms with Crippen LogP contribution >= 0.6 is 0 Å². The van der Waals surface area contributed by atoms with Crippen LogP contribution < -0.4 is 15.4 Å². The normalized spacial score (nSPS) is 18.1. The number of nitrogens with two attached hydrogens (primary N) is 1. The molecule has 0 amide bonds. The van der Waals surface area contributed by atoms with Crippen LogP contribution in [-0.4, -0.2) is 25.6 Å². The Labute approximate surface area is 106 Å². The average molecular weight is 256 g/mol. The van der Waals surface area contributed by atoms with Gasteiger partial charge in [-0.05, 0) is 18.6 Å². The molecule has 1 aliphatic heterocycles. The number of rotatable bonds is 4. The molecule has 1 aromatic rings. The quantitative estimate of drug-likeness (QED) is 0.842. The van der Waals surface area contributed by atoms with Gasteiger partial charge in [0.15, 0.2) is 0 Å². The van der Waals surface area contributed by atoms with E-state index in [9.17, 15) is 8.78 Å². The van der Waals surface area contributed by atoms with Gasteiger partial charge in [-0.15, -0.1) is 0 Å². The van der Waals surface area contributed by atoms with Crippen molar-refractivity contribution in [2.75, 3.05) is 30.3 Å². The van der Waals surface area contributed by atoms with Gasteiger partial charge in [0, 0.05) is 19.0 Å². The van der Waals surface area contributed by atoms with Gasteiger partial charge in [0.25, 0.3) is 5.92 Å². The van der Waals surface area contributed by atoms with Crippen LogP contribution in [0.2, 0.25) is 0 Å². The first-order chi connectivity index (χ1) is 8.52. The summed E-state index contributed by atoms with van der Waals surface area (Å²) in [5, 5.41) is 0. The molecule has 1 fully saturated rings. The Morgan fingerprint density at radius 2 is 2.22 bits per heavy atom. The number of nitrogen functional groups attached to an aromatic ring is 1. The molecular formula is C13H18F2N2O. The van der Waals surface area contributed by atoms with Crippen molar-refractivity contribution in [2.45, 2.75) is 25.7 Å². The molecule has 0 unspecified atom stereocenters. The lowest BCUT2D eigenvalue weighted by Crippen LogP contribution is -2.25. The molecule has 1 aromatic carbocycles. The van der Waals surface area contributed by atoms with Gasteiger partial charge in [0.1, 0.15) is 5.75 Å². The highest BCUT2D eigenvalue weighted by Crippen LogP contribution is 2.35. The van der Waals surface area contributed by atoms with Crippen molar-refractivity contribution in [1.82, 2.24) is 0 Å². The lowest BCUT2D eigenvalue weighted by Gasteiger charge is -2.21. The minimum absolute atomic E-state index is 0.119. The number of nitrogens with zero attached hydrogens (tertiary/aromatic N) is 1. The van der Waals surface area contributed by atoms with E-state index in [0.29, 0.717) is 30.3 Å². The van der Waals surface area contributed by atoms with Gasteiger partial charge in [-0.2, -0.15) is 0 Å². The Morgan fingerprint density at radius 1 is 1.44 bits per heavy atom. The summed E-state index contributed by atoms with van der Waals surface area (Å²) >= 11 is 0. The van der Waals surface area contributed by atoms with Crippen molar-refractivity contribution in [1.29, 1.82) is 0 Å². The number of hydrogen-bond acceptors (Lipinski definition) is 3. The highest BCUT2D eigenvalue weighted by atomic mass is 19.3. The number of alkyl halides is 2. The second-order valence-corrected chi connectivity index (χ2v) is 4.60. The first kappa shape index (κ1) is 12.9. The standard InChI is InChI=1S/C13H18F2N2O/c1-2-7-18-10-3-4-11(16)12(8-10)17-6-5-13(14,15)9-17/h3-4,8H,2,5-7,9,16H2,1H3. The fraction of sp³-hybridized carbons (Fsp3) is 0.538. The van der Waals surface area contributed by atoms with E-state index in [2.05, 4.69) is 0 Å². The minimum Gasteiger partial charge on any atom is -0.494 e. The van der Waals surface area contributed by atoms with Crippen LogP contribution in [-0.2, 0) is 0 Å². The molecule has 0 bridgehead atoms. The van der Waals surface area contributed by atoms with Crippen molar-refractivity contribution >= 4 is 11.4 Å². The number of benzene rings is 1. The first-order valence-electron chi connectivity index (χ1n) is 6.17. The van der Waals surface area contributed by atoms with Gasteiger partial charge in [-0.3, -0.25) is 0 Å². The summed E-state index contributed by atoms with van der Waals surface area (Å²) in [6, 6.07) is 5.21. The topological polar surface area (TPSA) is 38.5 Å². The Bertz CT molecular complexity index is 423. The molecule has 0 saturated carbocycles. The maximum atomic E-state index is 13.2. The minimum atomic E-state index is -2.62. The molecule has 1 saturated heterocycles. The third kappa shape index (κ3) is 2.83. The maximum absolute atomic E-state index is 13.2. The summed E-state index contributed by atoms with van der Waals surface area (Å²) in [4.78, 5) is 1.62. The van der Waals surface area contributed by atoms with E-state index in [4.69, 9.17) is 10.5 Å². The summed E-state index contributed by atoms with van der Waals surface area (Å²) in [7, 11) is 0. The summed E-state index contributed by atoms with van der Waals surface area (Å²) in [6.07, 6.45) is 0.786. The molecule has 0 radical (unpaired) electrons. The molecule has 0 aliphatic carbocycles. The van der Waals surface area contributed by atoms with Crippen molar-refractivity contribution < 1.29 is 13.5 Å². The largest absolute Gasteiger partial charge is 0.494 e. The van der Waals surface area contributed by atoms with E-state index in [1.807, 2.05) is 6.92 Å². The second-order valence-electron chi connectivity index (χ2n) is 4.60. The fourth-order valence-electron chi connectivity index (χ4n) is 2.05. The number of ether oxygens (including phenoxy) is 1. The lowest BCUT2D eigenvalue weighted by molar-refractivity contribution is 0.0257. The lowest BCUT2D eigenvalue weighted by atomic mass is 10.2. The summed E-state index contributed by atoms with van der Waals surface area (Å²) in [6.45, 7) is 2.68. The van der Waals surface area contributed by atoms with E-state index in [-0.39, 0.29) is 13.0 Å². The zero-order valence-corrected chi connectivity index (χ0v) is 10.5. The van der Waals surface area contributed by atoms with Gasteiger partial charge in [0.05, 0.1) is 24.5 Å². The van der Waals surface area contributed by atoms with Gasteiger partial charge in [0.2, 0.25) is 0 Å². The van der Waals surface area contributed by atoms with Crippen LogP contribution in [0.5, 0.6) is 5.75 Å². The van der Waals surface area contributed by atoms with Crippen molar-refractivity contribution in [2.24, 2.45) is 0 Å². The Kier molecular flexibility index (Phi) is 3.59. The van der Waals surface area contributed by atoms with E-state index < -0.39 is 5.92 Å². The number of halogens is 2. The molecular weight excluding hydrogens is 238 g/mol. The van der Waals surface area contributed by atoms with Crippen LogP contribution in [0.3, 0.4) is 0 Å². The second kappa shape index (κ2) is 5.00. The predicted octanol–water partition coefficient (Wildman–Crippen LogP) is 2.90. The van der Waals surface area contributed by atoms with Crippen LogP contribution in [0.1, 0.15) is 19.8 Å². The summed E-state index contributed by atoms with van der Waals surface area (Å²) < 4.78 is 31.9. The van der Waals surface area contributed by atoms with Crippen molar-refractivity contribution in [3.8, 4) is 5.75 Å². The Hall–Kier alpha value is -1.52. The molecule has 18 heavy (non-hydrogen) atoms. The molecule has 100 valence electrons. The average Bonchev–Trinajstić information content (AvgIpc) is 2.68. The van der Waals surface area contributed by atoms with E-state index in [1.165, 1.54) is 0 Å². The molecule has 1 aliphatic rings. The first-order valence-corrected chi connectivity index (χ1v) is 6.17. The van der Waals surface area contributed by atoms with Gasteiger partial charge >= 0.3 is 0 Å². The highest BCUT2D eigenvalue weighted by Gasteiger charge is 2.38. The van der Waals surface area contributed by atoms with Crippen LogP contribution in [0, 0.1) is 0 Å². The van der Waals surface area contributed by atoms with Crippen LogP contribution in [0.25, 0.3) is 0 Å². The molecule has 1 heterocycles. The Morgan fingerprint density at radius 3 is 2.83 bits per heavy atom. The molecule has 5 heteroatoms. The smallest absolute Gasteiger partial charge is 0.266 e. The van der Waals surface area contributed by atoms with Gasteiger partial charge in [-0.1, -0.05) is 6.92 Å². The molecule has 0 atom stereocenters. The number of anilines is 2. The van der Waals surface area contributed by atoms with Crippen LogP contribution in [0.4, 0.5) is 20.2 Å². The SMILES string of the molecule is CCCOc1ccc(N)c(N2CCC(F)(F)C2)c1. The van der Waals surface area contributed by atoms with Crippen molar-refractivity contribution in [3.63, 3.8) is 0 Å². The highest BCUT2D eigenvalue weighted by molar-refractivity contribution is 5.70. The molecule has 2 rings (SSSR count). The molecule has 3 nitrogen and oxygen atoms in total. The van der Waals surface area contributed by atoms with Gasteiger partial charge in [-0.25, -0.2) is 8.78 Å². The molecule has 2 N–H and O–H groups in total. The van der Waals surface area contributed by atoms with E-state index in [0.717, 1.165) is 6.42 Å². The summed E-state index contributed by atoms with van der Waals surface area (Å²) in [5.74, 6) is -1.94. The zero-order chi connectivity index (χ0) is 13.2. The monoisotopic (exact) mass is 256 g/mol. The van der Waals surface area contributed by atoms with Gasteiger partial charge < -0.3 is 15.4 Å². The Balaban J connectivity index is 2.16. The fourth-order valence-corrected chi connectivity index (χ4v) is 2.05. The summed E-state index contributed by atoms with van der Waals surface area (Å²) in [5.41, 5.74) is 6.99. The van der Waals surface area contributed by atoms with E-state index >= 15 is 0 Å². The maximum Gasteiger partial charge on any atom is 0.266 e. The molecule has 0 aromatic heterocycles. The van der Waals surface area contributed by atoms with Crippen molar-refractivity contribution in [3.05, 3.63) is 18.2 Å². The van der Waals surface area contributed by atoms with E-state index in [1.54, 1.807) is 23.1 Å². The third-order valence-electron chi connectivity index (χ3n) is 2.99. The predicted molar refractivity (Wildman–Crippen MR) is 68.4 cm³/mol. The third-order valence-corrected chi connectivity index (χ3v) is 2.99. The zero-order valence-electron chi connectivity index (χ0n) is 10.5.